The first kappa shape index (κ1) is 35.5. The summed E-state index contributed by atoms with van der Waals surface area (Å²) in [4.78, 5) is 62.5. The molecule has 1 N–H and O–H groups in total. The molecule has 0 aliphatic carbocycles. The molecule has 0 saturated carbocycles. The number of aromatic nitrogens is 3. The summed E-state index contributed by atoms with van der Waals surface area (Å²) in [7, 11) is 1.70. The van der Waals surface area contributed by atoms with Gasteiger partial charge in [-0.05, 0) is 43.4 Å². The van der Waals surface area contributed by atoms with Crippen molar-refractivity contribution in [2.24, 2.45) is 17.8 Å². The minimum Gasteiger partial charge on any atom is -0.455 e. The Kier molecular flexibility index (Phi) is 9.75. The van der Waals surface area contributed by atoms with E-state index in [0.717, 1.165) is 5.52 Å². The molecule has 3 aromatic rings. The SMILES string of the molecule is CC(C)C[C@H](CO)N1C(=O)[C@@H]2[C@H]3C(=O)O[C@H](c4ccccc4)[C@@H](C)N(C)C(=O)CC/C=C\[C@H]3O[C@@]23C=CCN(Cn2nnc4ccccc42)C(=O)[C@@H]13. The van der Waals surface area contributed by atoms with Crippen molar-refractivity contribution < 1.29 is 33.8 Å². The van der Waals surface area contributed by atoms with E-state index in [1.807, 2.05) is 81.4 Å². The number of carbonyl (C=O) groups is 4. The number of benzene rings is 2. The summed E-state index contributed by atoms with van der Waals surface area (Å²) in [5, 5.41) is 19.3. The van der Waals surface area contributed by atoms with Gasteiger partial charge in [0.1, 0.15) is 35.9 Å². The summed E-state index contributed by atoms with van der Waals surface area (Å²) in [6, 6.07) is 14.3. The molecule has 2 fully saturated rings. The van der Waals surface area contributed by atoms with Gasteiger partial charge in [0, 0.05) is 20.0 Å². The highest BCUT2D eigenvalue weighted by molar-refractivity contribution is 5.99. The van der Waals surface area contributed by atoms with Crippen LogP contribution in [-0.4, -0.2) is 109 Å². The standard InChI is InChI=1S/C39H46N6O7/c1-24(2)21-27(22-46)45-35-37(49)43(23-44-29-16-9-8-15-28(29)40-41-44)20-12-19-39(35)33(36(45)48)32-30(52-39)17-10-11-18-31(47)42(4)25(3)34(51-38(32)50)26-13-6-5-7-14-26/h5-10,12-17,19,24-25,27,30,32-35,46H,11,18,20-23H2,1-4H3/b17-10-/t25-,27-,30-,32+,33+,34+,35-,39+/m1/s1. The molecule has 274 valence electrons. The lowest BCUT2D eigenvalue weighted by molar-refractivity contribution is -0.164. The maximum absolute atomic E-state index is 15.0. The Labute approximate surface area is 302 Å². The van der Waals surface area contributed by atoms with Gasteiger partial charge < -0.3 is 29.3 Å². The molecule has 8 atom stereocenters. The number of likely N-dealkylation sites (tertiary alicyclic amines) is 1. The zero-order chi connectivity index (χ0) is 36.7. The van der Waals surface area contributed by atoms with E-state index in [4.69, 9.17) is 9.47 Å². The van der Waals surface area contributed by atoms with E-state index in [1.165, 1.54) is 4.90 Å². The van der Waals surface area contributed by atoms with E-state index in [2.05, 4.69) is 10.3 Å². The predicted octanol–water partition coefficient (Wildman–Crippen LogP) is 3.26. The first-order valence-electron chi connectivity index (χ1n) is 18.1. The van der Waals surface area contributed by atoms with Crippen LogP contribution in [0.25, 0.3) is 11.0 Å². The summed E-state index contributed by atoms with van der Waals surface area (Å²) in [6.45, 7) is 5.69. The molecule has 13 heteroatoms. The number of allylic oxidation sites excluding steroid dienone is 1. The second kappa shape index (κ2) is 14.3. The Bertz CT molecular complexity index is 1890. The Morgan fingerprint density at radius 3 is 2.50 bits per heavy atom. The zero-order valence-corrected chi connectivity index (χ0v) is 29.9. The summed E-state index contributed by atoms with van der Waals surface area (Å²) in [5.74, 6) is -3.74. The highest BCUT2D eigenvalue weighted by Crippen LogP contribution is 2.54. The molecule has 52 heavy (non-hydrogen) atoms. The molecule has 13 nitrogen and oxygen atoms in total. The van der Waals surface area contributed by atoms with E-state index < -0.39 is 59.6 Å². The average Bonchev–Trinajstić information content (AvgIpc) is 3.74. The Morgan fingerprint density at radius 1 is 1.00 bits per heavy atom. The first-order valence-corrected chi connectivity index (χ1v) is 18.1. The molecule has 4 aliphatic rings. The van der Waals surface area contributed by atoms with Crippen LogP contribution >= 0.6 is 0 Å². The van der Waals surface area contributed by atoms with Crippen LogP contribution in [-0.2, 0) is 35.3 Å². The van der Waals surface area contributed by atoms with E-state index in [-0.39, 0.29) is 44.0 Å². The molecule has 0 bridgehead atoms. The minimum absolute atomic E-state index is 0.0595. The number of hydrogen-bond donors (Lipinski definition) is 1. The van der Waals surface area contributed by atoms with Crippen LogP contribution in [0.2, 0.25) is 0 Å². The molecule has 5 heterocycles. The van der Waals surface area contributed by atoms with Crippen molar-refractivity contribution in [3.63, 3.8) is 0 Å². The second-order valence-electron chi connectivity index (χ2n) is 14.7. The normalized spacial score (nSPS) is 30.8. The lowest BCUT2D eigenvalue weighted by Crippen LogP contribution is -2.58. The molecule has 0 radical (unpaired) electrons. The summed E-state index contributed by atoms with van der Waals surface area (Å²) < 4.78 is 14.9. The van der Waals surface area contributed by atoms with Gasteiger partial charge in [0.15, 0.2) is 0 Å². The van der Waals surface area contributed by atoms with Crippen LogP contribution < -0.4 is 0 Å². The van der Waals surface area contributed by atoms with E-state index in [9.17, 15) is 24.3 Å². The molecular formula is C39H46N6O7. The molecule has 3 amide bonds. The number of aliphatic hydroxyl groups excluding tert-OH is 1. The third-order valence-corrected chi connectivity index (χ3v) is 11.0. The van der Waals surface area contributed by atoms with Crippen molar-refractivity contribution in [2.45, 2.75) is 82.6 Å². The van der Waals surface area contributed by atoms with Crippen molar-refractivity contribution in [3.05, 3.63) is 84.5 Å². The molecule has 1 aromatic heterocycles. The number of rotatable bonds is 7. The predicted molar refractivity (Wildman–Crippen MR) is 190 cm³/mol. The number of esters is 1. The van der Waals surface area contributed by atoms with Crippen molar-refractivity contribution in [2.75, 3.05) is 20.2 Å². The van der Waals surface area contributed by atoms with Crippen LogP contribution in [0.5, 0.6) is 0 Å². The van der Waals surface area contributed by atoms with Crippen LogP contribution in [0.4, 0.5) is 0 Å². The van der Waals surface area contributed by atoms with Crippen LogP contribution in [0.15, 0.2) is 78.9 Å². The molecule has 1 spiro atoms. The number of likely N-dealkylation sites (N-methyl/N-ethyl adjacent to an activating group) is 1. The van der Waals surface area contributed by atoms with Gasteiger partial charge in [0.05, 0.1) is 36.2 Å². The van der Waals surface area contributed by atoms with Crippen molar-refractivity contribution in [3.8, 4) is 0 Å². The van der Waals surface area contributed by atoms with Gasteiger partial charge in [0.2, 0.25) is 11.8 Å². The number of ether oxygens (including phenoxy) is 2. The zero-order valence-electron chi connectivity index (χ0n) is 29.9. The minimum atomic E-state index is -1.54. The number of hydrogen-bond acceptors (Lipinski definition) is 9. The topological polar surface area (TPSA) is 147 Å². The van der Waals surface area contributed by atoms with Gasteiger partial charge >= 0.3 is 5.97 Å². The number of fused-ring (bicyclic) bond motifs is 3. The number of amides is 3. The Balaban J connectivity index is 1.32. The Morgan fingerprint density at radius 2 is 1.75 bits per heavy atom. The lowest BCUT2D eigenvalue weighted by atomic mass is 9.77. The number of aliphatic hydroxyl groups is 1. The molecular weight excluding hydrogens is 664 g/mol. The van der Waals surface area contributed by atoms with E-state index in [1.54, 1.807) is 39.8 Å². The second-order valence-corrected chi connectivity index (χ2v) is 14.7. The number of para-hydroxylation sites is 1. The lowest BCUT2D eigenvalue weighted by Gasteiger charge is -2.39. The summed E-state index contributed by atoms with van der Waals surface area (Å²) >= 11 is 0. The van der Waals surface area contributed by atoms with Crippen molar-refractivity contribution in [1.29, 1.82) is 0 Å². The summed E-state index contributed by atoms with van der Waals surface area (Å²) in [6.07, 6.45) is 6.39. The van der Waals surface area contributed by atoms with Crippen LogP contribution in [0.1, 0.15) is 51.7 Å². The first-order chi connectivity index (χ1) is 25.1. The number of cyclic esters (lactones) is 1. The number of nitrogens with zero attached hydrogens (tertiary/aromatic N) is 6. The highest BCUT2D eigenvalue weighted by Gasteiger charge is 2.72. The molecule has 0 unspecified atom stereocenters. The molecule has 2 aromatic carbocycles. The van der Waals surface area contributed by atoms with Gasteiger partial charge in [-0.2, -0.15) is 0 Å². The quantitative estimate of drug-likeness (QED) is 0.288. The smallest absolute Gasteiger partial charge is 0.313 e. The average molecular weight is 711 g/mol. The molecule has 4 aliphatic heterocycles. The third kappa shape index (κ3) is 6.09. The van der Waals surface area contributed by atoms with Gasteiger partial charge in [-0.15, -0.1) is 5.10 Å². The van der Waals surface area contributed by atoms with Crippen LogP contribution in [0, 0.1) is 17.8 Å². The van der Waals surface area contributed by atoms with Crippen LogP contribution in [0.3, 0.4) is 0 Å². The van der Waals surface area contributed by atoms with Crippen molar-refractivity contribution in [1.82, 2.24) is 29.7 Å². The molecule has 2 saturated heterocycles. The summed E-state index contributed by atoms with van der Waals surface area (Å²) in [5.41, 5.74) is 0.590. The largest absolute Gasteiger partial charge is 0.455 e. The molecule has 7 rings (SSSR count). The fourth-order valence-electron chi connectivity index (χ4n) is 8.40. The fourth-order valence-corrected chi connectivity index (χ4v) is 8.40. The monoisotopic (exact) mass is 710 g/mol. The number of carbonyl (C=O) groups excluding carboxylic acids is 4. The maximum Gasteiger partial charge on any atom is 0.313 e. The van der Waals surface area contributed by atoms with Crippen molar-refractivity contribution >= 4 is 34.7 Å². The van der Waals surface area contributed by atoms with Gasteiger partial charge in [-0.25, -0.2) is 4.68 Å². The van der Waals surface area contributed by atoms with E-state index >= 15 is 0 Å². The van der Waals surface area contributed by atoms with Gasteiger partial charge in [-0.1, -0.05) is 85.8 Å². The van der Waals surface area contributed by atoms with Gasteiger partial charge in [0.25, 0.3) is 5.91 Å². The maximum atomic E-state index is 15.0. The van der Waals surface area contributed by atoms with Gasteiger partial charge in [-0.3, -0.25) is 19.2 Å². The third-order valence-electron chi connectivity index (χ3n) is 11.0. The van der Waals surface area contributed by atoms with E-state index in [0.29, 0.717) is 23.9 Å². The fraction of sp³-hybridized carbons (Fsp3) is 0.487. The highest BCUT2D eigenvalue weighted by atomic mass is 16.6. The Hall–Kier alpha value is -4.88.